The van der Waals surface area contributed by atoms with Crippen LogP contribution in [0, 0.1) is 22.7 Å². The summed E-state index contributed by atoms with van der Waals surface area (Å²) in [6, 6.07) is 8.61. The smallest absolute Gasteiger partial charge is 0.322 e. The lowest BCUT2D eigenvalue weighted by molar-refractivity contribution is 0.128. The summed E-state index contributed by atoms with van der Waals surface area (Å²) in [4.78, 5) is 0. The fourth-order valence-electron chi connectivity index (χ4n) is 1.28. The fourth-order valence-corrected chi connectivity index (χ4v) is 1.48. The van der Waals surface area contributed by atoms with Gasteiger partial charge in [0.25, 0.3) is 0 Å². The summed E-state index contributed by atoms with van der Waals surface area (Å²) in [6.45, 7) is 0. The quantitative estimate of drug-likeness (QED) is 0.551. The monoisotopic (exact) mass is 232 g/mol. The van der Waals surface area contributed by atoms with E-state index in [-0.39, 0.29) is 5.57 Å². The standard InChI is InChI=1S/C11H5ClN2O2/c12-11-15-9-2-1-7(4-10(9)16-11)3-8(5-13)6-14/h1-4,11H/t11-/m0/s1. The second-order valence-electron chi connectivity index (χ2n) is 3.00. The van der Waals surface area contributed by atoms with Crippen molar-refractivity contribution in [2.24, 2.45) is 0 Å². The van der Waals surface area contributed by atoms with Crippen LogP contribution in [0.4, 0.5) is 0 Å². The van der Waals surface area contributed by atoms with Gasteiger partial charge in [0.05, 0.1) is 0 Å². The Morgan fingerprint density at radius 2 is 1.94 bits per heavy atom. The molecule has 78 valence electrons. The molecule has 0 bridgehead atoms. The van der Waals surface area contributed by atoms with E-state index >= 15 is 0 Å². The number of ether oxygens (including phenoxy) is 2. The molecule has 1 atom stereocenters. The number of allylic oxidation sites excluding steroid dienone is 1. The lowest BCUT2D eigenvalue weighted by atomic mass is 10.1. The Kier molecular flexibility index (Phi) is 2.68. The molecule has 0 fully saturated rings. The first-order valence-electron chi connectivity index (χ1n) is 4.36. The molecule has 0 radical (unpaired) electrons. The molecule has 0 saturated carbocycles. The maximum absolute atomic E-state index is 8.60. The van der Waals surface area contributed by atoms with E-state index in [0.717, 1.165) is 0 Å². The van der Waals surface area contributed by atoms with Crippen molar-refractivity contribution in [1.82, 2.24) is 0 Å². The highest BCUT2D eigenvalue weighted by molar-refractivity contribution is 6.19. The largest absolute Gasteiger partial charge is 0.438 e. The van der Waals surface area contributed by atoms with Crippen LogP contribution in [0.25, 0.3) is 6.08 Å². The molecule has 16 heavy (non-hydrogen) atoms. The van der Waals surface area contributed by atoms with Crippen molar-refractivity contribution in [3.63, 3.8) is 0 Å². The number of fused-ring (bicyclic) bond motifs is 1. The van der Waals surface area contributed by atoms with Crippen LogP contribution in [-0.2, 0) is 0 Å². The molecule has 1 heterocycles. The lowest BCUT2D eigenvalue weighted by Crippen LogP contribution is -2.07. The molecular formula is C11H5ClN2O2. The van der Waals surface area contributed by atoms with Crippen molar-refractivity contribution in [3.8, 4) is 23.6 Å². The molecule has 1 aliphatic rings. The van der Waals surface area contributed by atoms with E-state index in [1.807, 2.05) is 0 Å². The fraction of sp³-hybridized carbons (Fsp3) is 0.0909. The molecule has 0 spiro atoms. The number of rotatable bonds is 1. The molecule has 1 aromatic carbocycles. The van der Waals surface area contributed by atoms with Crippen LogP contribution in [0.2, 0.25) is 0 Å². The van der Waals surface area contributed by atoms with Gasteiger partial charge in [0.15, 0.2) is 11.5 Å². The minimum atomic E-state index is -0.819. The van der Waals surface area contributed by atoms with Gasteiger partial charge in [-0.15, -0.1) is 0 Å². The molecule has 0 aliphatic carbocycles. The normalized spacial score (nSPS) is 16.1. The highest BCUT2D eigenvalue weighted by Crippen LogP contribution is 2.36. The lowest BCUT2D eigenvalue weighted by Gasteiger charge is -1.97. The van der Waals surface area contributed by atoms with E-state index in [2.05, 4.69) is 0 Å². The first kappa shape index (κ1) is 10.4. The van der Waals surface area contributed by atoms with Gasteiger partial charge in [-0.1, -0.05) is 6.07 Å². The van der Waals surface area contributed by atoms with Gasteiger partial charge in [-0.25, -0.2) is 0 Å². The van der Waals surface area contributed by atoms with Crippen molar-refractivity contribution in [2.75, 3.05) is 0 Å². The summed E-state index contributed by atoms with van der Waals surface area (Å²) < 4.78 is 10.3. The molecule has 1 aliphatic heterocycles. The van der Waals surface area contributed by atoms with Crippen molar-refractivity contribution in [3.05, 3.63) is 29.3 Å². The van der Waals surface area contributed by atoms with Crippen LogP contribution < -0.4 is 9.47 Å². The predicted octanol–water partition coefficient (Wildman–Crippen LogP) is 2.41. The van der Waals surface area contributed by atoms with Gasteiger partial charge in [-0.2, -0.15) is 10.5 Å². The summed E-state index contributed by atoms with van der Waals surface area (Å²) in [5.41, 5.74) is 0.715. The zero-order valence-corrected chi connectivity index (χ0v) is 8.73. The second-order valence-corrected chi connectivity index (χ2v) is 3.35. The Labute approximate surface area is 96.9 Å². The zero-order valence-electron chi connectivity index (χ0n) is 7.98. The van der Waals surface area contributed by atoms with Crippen LogP contribution >= 0.6 is 11.6 Å². The second kappa shape index (κ2) is 4.14. The zero-order chi connectivity index (χ0) is 11.5. The number of halogens is 1. The minimum Gasteiger partial charge on any atom is -0.438 e. The maximum Gasteiger partial charge on any atom is 0.322 e. The first-order valence-corrected chi connectivity index (χ1v) is 4.80. The molecule has 0 N–H and O–H groups in total. The molecule has 1 aromatic rings. The van der Waals surface area contributed by atoms with Crippen LogP contribution in [0.3, 0.4) is 0 Å². The Bertz CT molecular complexity index is 524. The molecule has 2 rings (SSSR count). The Morgan fingerprint density at radius 3 is 2.62 bits per heavy atom. The number of hydrogen-bond acceptors (Lipinski definition) is 4. The van der Waals surface area contributed by atoms with E-state index in [4.69, 9.17) is 31.6 Å². The van der Waals surface area contributed by atoms with Crippen molar-refractivity contribution < 1.29 is 9.47 Å². The third kappa shape index (κ3) is 1.93. The van der Waals surface area contributed by atoms with Gasteiger partial charge in [0.1, 0.15) is 17.7 Å². The van der Waals surface area contributed by atoms with E-state index in [0.29, 0.717) is 17.1 Å². The van der Waals surface area contributed by atoms with Gasteiger partial charge >= 0.3 is 5.75 Å². The van der Waals surface area contributed by atoms with Gasteiger partial charge in [0.2, 0.25) is 0 Å². The van der Waals surface area contributed by atoms with E-state index < -0.39 is 5.75 Å². The summed E-state index contributed by atoms with van der Waals surface area (Å²) >= 11 is 5.63. The first-order chi connectivity index (χ1) is 7.72. The van der Waals surface area contributed by atoms with E-state index in [9.17, 15) is 0 Å². The Balaban J connectivity index is 2.35. The molecule has 4 nitrogen and oxygen atoms in total. The SMILES string of the molecule is N#CC(C#N)=Cc1ccc2c(c1)O[C@@H](Cl)O2. The van der Waals surface area contributed by atoms with Crippen molar-refractivity contribution in [2.45, 2.75) is 5.75 Å². The number of benzene rings is 1. The van der Waals surface area contributed by atoms with Crippen molar-refractivity contribution >= 4 is 17.7 Å². The molecule has 0 amide bonds. The van der Waals surface area contributed by atoms with Crippen LogP contribution in [-0.4, -0.2) is 5.75 Å². The Morgan fingerprint density at radius 1 is 1.25 bits per heavy atom. The molecule has 5 heteroatoms. The van der Waals surface area contributed by atoms with Gasteiger partial charge in [-0.05, 0) is 35.4 Å². The van der Waals surface area contributed by atoms with Gasteiger partial charge in [0, 0.05) is 0 Å². The summed E-state index contributed by atoms with van der Waals surface area (Å²) in [5, 5.41) is 17.2. The summed E-state index contributed by atoms with van der Waals surface area (Å²) in [5.74, 6) is 0.234. The molecule has 0 aromatic heterocycles. The predicted molar refractivity (Wildman–Crippen MR) is 56.5 cm³/mol. The van der Waals surface area contributed by atoms with Crippen molar-refractivity contribution in [1.29, 1.82) is 10.5 Å². The summed E-state index contributed by atoms with van der Waals surface area (Å²) in [6.07, 6.45) is 1.46. The highest BCUT2D eigenvalue weighted by atomic mass is 35.5. The number of alkyl halides is 1. The third-order valence-corrected chi connectivity index (χ3v) is 2.14. The average Bonchev–Trinajstić information content (AvgIpc) is 2.65. The number of nitriles is 2. The highest BCUT2D eigenvalue weighted by Gasteiger charge is 2.21. The minimum absolute atomic E-state index is 0.0290. The third-order valence-electron chi connectivity index (χ3n) is 1.96. The maximum atomic E-state index is 8.60. The van der Waals surface area contributed by atoms with Gasteiger partial charge in [-0.3, -0.25) is 0 Å². The van der Waals surface area contributed by atoms with Crippen LogP contribution in [0.15, 0.2) is 23.8 Å². The number of nitrogens with zero attached hydrogens (tertiary/aromatic N) is 2. The van der Waals surface area contributed by atoms with Gasteiger partial charge < -0.3 is 9.47 Å². The summed E-state index contributed by atoms with van der Waals surface area (Å²) in [7, 11) is 0. The van der Waals surface area contributed by atoms with E-state index in [1.165, 1.54) is 6.08 Å². The van der Waals surface area contributed by atoms with Crippen LogP contribution in [0.5, 0.6) is 11.5 Å². The number of hydrogen-bond donors (Lipinski definition) is 0. The van der Waals surface area contributed by atoms with E-state index in [1.54, 1.807) is 30.3 Å². The average molecular weight is 233 g/mol. The topological polar surface area (TPSA) is 66.0 Å². The molecular weight excluding hydrogens is 228 g/mol. The van der Waals surface area contributed by atoms with Crippen LogP contribution in [0.1, 0.15) is 5.56 Å². The molecule has 0 saturated heterocycles. The molecule has 0 unspecified atom stereocenters. The Hall–Kier alpha value is -2.17.